The number of nitrogens with one attached hydrogen (secondary N) is 1. The number of alkyl halides is 2. The van der Waals surface area contributed by atoms with Crippen LogP contribution in [0.4, 0.5) is 8.78 Å². The zero-order valence-electron chi connectivity index (χ0n) is 12.2. The van der Waals surface area contributed by atoms with E-state index in [-0.39, 0.29) is 17.4 Å². The molecular formula is C17H18F2N2O. The van der Waals surface area contributed by atoms with E-state index in [1.54, 1.807) is 12.1 Å². The van der Waals surface area contributed by atoms with Crippen molar-refractivity contribution >= 4 is 16.8 Å². The van der Waals surface area contributed by atoms with Crippen molar-refractivity contribution in [1.82, 2.24) is 4.98 Å². The molecule has 0 bridgehead atoms. The summed E-state index contributed by atoms with van der Waals surface area (Å²) in [5.74, 6) is -3.95. The van der Waals surface area contributed by atoms with Crippen molar-refractivity contribution in [3.05, 3.63) is 35.0 Å². The molecule has 116 valence electrons. The molecule has 5 heteroatoms. The van der Waals surface area contributed by atoms with Gasteiger partial charge >= 0.3 is 0 Å². The summed E-state index contributed by atoms with van der Waals surface area (Å²) in [5.41, 5.74) is 8.18. The molecule has 0 saturated heterocycles. The van der Waals surface area contributed by atoms with Crippen molar-refractivity contribution in [2.75, 3.05) is 0 Å². The Morgan fingerprint density at radius 3 is 2.73 bits per heavy atom. The molecule has 22 heavy (non-hydrogen) atoms. The van der Waals surface area contributed by atoms with Crippen molar-refractivity contribution in [3.8, 4) is 0 Å². The maximum absolute atomic E-state index is 14.3. The zero-order chi connectivity index (χ0) is 15.5. The van der Waals surface area contributed by atoms with Crippen molar-refractivity contribution in [1.29, 1.82) is 0 Å². The van der Waals surface area contributed by atoms with Gasteiger partial charge in [-0.2, -0.15) is 0 Å². The molecule has 1 saturated carbocycles. The monoisotopic (exact) mass is 304 g/mol. The second kappa shape index (κ2) is 4.54. The van der Waals surface area contributed by atoms with Gasteiger partial charge in [0.15, 0.2) is 0 Å². The first-order chi connectivity index (χ1) is 10.5. The molecule has 2 aliphatic rings. The number of benzene rings is 1. The van der Waals surface area contributed by atoms with Gasteiger partial charge in [0.25, 0.3) is 5.92 Å². The van der Waals surface area contributed by atoms with E-state index >= 15 is 0 Å². The summed E-state index contributed by atoms with van der Waals surface area (Å²) < 4.78 is 28.7. The van der Waals surface area contributed by atoms with E-state index < -0.39 is 11.8 Å². The van der Waals surface area contributed by atoms with Crippen LogP contribution >= 0.6 is 0 Å². The molecule has 4 rings (SSSR count). The number of carbonyl (C=O) groups is 1. The minimum atomic E-state index is -2.75. The van der Waals surface area contributed by atoms with Crippen LogP contribution in [0, 0.1) is 5.92 Å². The minimum Gasteiger partial charge on any atom is -0.369 e. The standard InChI is InChI=1S/C17H18F2N2O/c18-17(19,9-4-5-9)10-6-7-14-13(8-10)11-2-1-3-12(16(20)22)15(11)21-14/h6-9,12,21H,1-5H2,(H2,20,22)/t12-/m0/s1. The van der Waals surface area contributed by atoms with Gasteiger partial charge in [-0.1, -0.05) is 6.07 Å². The predicted molar refractivity (Wildman–Crippen MR) is 79.8 cm³/mol. The smallest absolute Gasteiger partial charge is 0.276 e. The maximum Gasteiger partial charge on any atom is 0.276 e. The first-order valence-corrected chi connectivity index (χ1v) is 7.80. The van der Waals surface area contributed by atoms with E-state index in [1.807, 2.05) is 0 Å². The average molecular weight is 304 g/mol. The molecule has 3 N–H and O–H groups in total. The topological polar surface area (TPSA) is 58.9 Å². The second-order valence-corrected chi connectivity index (χ2v) is 6.52. The fourth-order valence-corrected chi connectivity index (χ4v) is 3.64. The number of aromatic amines is 1. The van der Waals surface area contributed by atoms with E-state index in [4.69, 9.17) is 5.73 Å². The van der Waals surface area contributed by atoms with Crippen LogP contribution in [-0.4, -0.2) is 10.9 Å². The van der Waals surface area contributed by atoms with Crippen molar-refractivity contribution in [2.24, 2.45) is 11.7 Å². The third-order valence-electron chi connectivity index (χ3n) is 5.03. The SMILES string of the molecule is NC(=O)[C@H]1CCCc2c1[nH]c1ccc(C(F)(F)C3CC3)cc21. The lowest BCUT2D eigenvalue weighted by Gasteiger charge is -2.20. The summed E-state index contributed by atoms with van der Waals surface area (Å²) in [7, 11) is 0. The lowest BCUT2D eigenvalue weighted by atomic mass is 9.86. The molecule has 0 aliphatic heterocycles. The Kier molecular flexibility index (Phi) is 2.83. The van der Waals surface area contributed by atoms with Gasteiger partial charge in [0.2, 0.25) is 5.91 Å². The average Bonchev–Trinajstić information content (AvgIpc) is 3.28. The van der Waals surface area contributed by atoms with Crippen LogP contribution < -0.4 is 5.73 Å². The van der Waals surface area contributed by atoms with Crippen molar-refractivity contribution < 1.29 is 13.6 Å². The molecule has 3 nitrogen and oxygen atoms in total. The van der Waals surface area contributed by atoms with E-state index in [0.29, 0.717) is 12.8 Å². The number of amides is 1. The first kappa shape index (κ1) is 13.7. The molecule has 2 aliphatic carbocycles. The molecule has 1 amide bonds. The number of nitrogens with two attached hydrogens (primary N) is 1. The molecule has 0 unspecified atom stereocenters. The Morgan fingerprint density at radius 2 is 2.05 bits per heavy atom. The Balaban J connectivity index is 1.85. The molecule has 0 spiro atoms. The second-order valence-electron chi connectivity index (χ2n) is 6.52. The van der Waals surface area contributed by atoms with Gasteiger partial charge in [-0.15, -0.1) is 0 Å². The van der Waals surface area contributed by atoms with Crippen LogP contribution in [0.25, 0.3) is 10.9 Å². The van der Waals surface area contributed by atoms with Crippen LogP contribution in [0.5, 0.6) is 0 Å². The fraction of sp³-hybridized carbons (Fsp3) is 0.471. The van der Waals surface area contributed by atoms with Crippen LogP contribution in [0.1, 0.15) is 48.4 Å². The molecule has 1 aromatic carbocycles. The number of hydrogen-bond acceptors (Lipinski definition) is 1. The number of H-pyrrole nitrogens is 1. The number of fused-ring (bicyclic) bond motifs is 3. The highest BCUT2D eigenvalue weighted by Gasteiger charge is 2.48. The summed E-state index contributed by atoms with van der Waals surface area (Å²) in [4.78, 5) is 14.8. The summed E-state index contributed by atoms with van der Waals surface area (Å²) in [5, 5.41) is 0.818. The van der Waals surface area contributed by atoms with E-state index in [2.05, 4.69) is 4.98 Å². The number of primary amides is 1. The van der Waals surface area contributed by atoms with Gasteiger partial charge in [-0.05, 0) is 49.8 Å². The van der Waals surface area contributed by atoms with E-state index in [1.165, 1.54) is 6.07 Å². The summed E-state index contributed by atoms with van der Waals surface area (Å²) in [6.07, 6.45) is 3.58. The van der Waals surface area contributed by atoms with Crippen molar-refractivity contribution in [3.63, 3.8) is 0 Å². The number of halogens is 2. The first-order valence-electron chi connectivity index (χ1n) is 7.80. The van der Waals surface area contributed by atoms with Crippen LogP contribution in [0.3, 0.4) is 0 Å². The van der Waals surface area contributed by atoms with Gasteiger partial charge in [0.1, 0.15) is 0 Å². The third kappa shape index (κ3) is 1.95. The van der Waals surface area contributed by atoms with Gasteiger partial charge in [0.05, 0.1) is 5.92 Å². The molecular weight excluding hydrogens is 286 g/mol. The molecule has 1 aromatic heterocycles. The number of carbonyl (C=O) groups excluding carboxylic acids is 1. The largest absolute Gasteiger partial charge is 0.369 e. The molecule has 2 aromatic rings. The molecule has 1 fully saturated rings. The Bertz CT molecular complexity index is 761. The van der Waals surface area contributed by atoms with Crippen LogP contribution in [-0.2, 0) is 17.1 Å². The highest BCUT2D eigenvalue weighted by atomic mass is 19.3. The minimum absolute atomic E-state index is 0.0884. The molecule has 0 radical (unpaired) electrons. The van der Waals surface area contributed by atoms with E-state index in [9.17, 15) is 13.6 Å². The molecule has 1 atom stereocenters. The lowest BCUT2D eigenvalue weighted by molar-refractivity contribution is -0.119. The third-order valence-corrected chi connectivity index (χ3v) is 5.03. The zero-order valence-corrected chi connectivity index (χ0v) is 12.2. The Labute approximate surface area is 126 Å². The summed E-state index contributed by atoms with van der Waals surface area (Å²) >= 11 is 0. The van der Waals surface area contributed by atoms with Crippen LogP contribution in [0.2, 0.25) is 0 Å². The Morgan fingerprint density at radius 1 is 1.27 bits per heavy atom. The summed E-state index contributed by atoms with van der Waals surface area (Å²) in [6, 6.07) is 4.81. The van der Waals surface area contributed by atoms with Crippen molar-refractivity contribution in [2.45, 2.75) is 43.9 Å². The molecule has 1 heterocycles. The number of hydrogen-bond donors (Lipinski definition) is 2. The maximum atomic E-state index is 14.3. The number of rotatable bonds is 3. The van der Waals surface area contributed by atoms with Gasteiger partial charge in [-0.25, -0.2) is 8.78 Å². The summed E-state index contributed by atoms with van der Waals surface area (Å²) in [6.45, 7) is 0. The normalized spacial score (nSPS) is 21.8. The quantitative estimate of drug-likeness (QED) is 0.894. The highest BCUT2D eigenvalue weighted by Crippen LogP contribution is 2.50. The Hall–Kier alpha value is -1.91. The van der Waals surface area contributed by atoms with Gasteiger partial charge < -0.3 is 10.7 Å². The fourth-order valence-electron chi connectivity index (χ4n) is 3.64. The van der Waals surface area contributed by atoms with Gasteiger partial charge in [-0.3, -0.25) is 4.79 Å². The number of aryl methyl sites for hydroxylation is 1. The van der Waals surface area contributed by atoms with Gasteiger partial charge in [0, 0.05) is 28.1 Å². The predicted octanol–water partition coefficient (Wildman–Crippen LogP) is 3.57. The highest BCUT2D eigenvalue weighted by molar-refractivity contribution is 5.90. The lowest BCUT2D eigenvalue weighted by Crippen LogP contribution is -2.24. The van der Waals surface area contributed by atoms with E-state index in [0.717, 1.165) is 41.4 Å². The number of aromatic nitrogens is 1. The van der Waals surface area contributed by atoms with Crippen LogP contribution in [0.15, 0.2) is 18.2 Å².